The minimum absolute atomic E-state index is 0.0831. The number of hydrogen-bond acceptors (Lipinski definition) is 0. The summed E-state index contributed by atoms with van der Waals surface area (Å²) in [6.45, 7) is 10.7. The highest BCUT2D eigenvalue weighted by Crippen LogP contribution is 2.41. The van der Waals surface area contributed by atoms with E-state index < -0.39 is 0 Å². The highest BCUT2D eigenvalue weighted by Gasteiger charge is 2.25. The molecule has 0 aliphatic carbocycles. The fraction of sp³-hybridized carbons (Fsp3) is 0.368. The maximum atomic E-state index is 14.3. The average molecular weight is 305 g/mol. The molecule has 112 valence electrons. The Kier molecular flexibility index (Phi) is 4.43. The maximum absolute atomic E-state index is 14.3. The number of hydrogen-bond donors (Lipinski definition) is 0. The molecule has 0 aliphatic heterocycles. The summed E-state index contributed by atoms with van der Waals surface area (Å²) in [5, 5.41) is 0.693. The van der Waals surface area contributed by atoms with E-state index in [4.69, 9.17) is 11.6 Å². The number of rotatable bonds is 2. The predicted molar refractivity (Wildman–Crippen MR) is 89.5 cm³/mol. The second-order valence-electron chi connectivity index (χ2n) is 6.80. The van der Waals surface area contributed by atoms with E-state index in [-0.39, 0.29) is 17.2 Å². The Balaban J connectivity index is 2.67. The monoisotopic (exact) mass is 304 g/mol. The van der Waals surface area contributed by atoms with Crippen LogP contribution < -0.4 is 0 Å². The van der Waals surface area contributed by atoms with E-state index in [2.05, 4.69) is 27.7 Å². The van der Waals surface area contributed by atoms with Crippen molar-refractivity contribution in [2.24, 2.45) is 5.41 Å². The third-order valence-corrected chi connectivity index (χ3v) is 4.43. The van der Waals surface area contributed by atoms with Gasteiger partial charge >= 0.3 is 0 Å². The molecule has 21 heavy (non-hydrogen) atoms. The Morgan fingerprint density at radius 1 is 1.00 bits per heavy atom. The van der Waals surface area contributed by atoms with E-state index in [0.717, 1.165) is 16.7 Å². The Morgan fingerprint density at radius 3 is 2.29 bits per heavy atom. The quantitative estimate of drug-likeness (QED) is 0.586. The normalized spacial score (nSPS) is 13.3. The average Bonchev–Trinajstić information content (AvgIpc) is 2.40. The van der Waals surface area contributed by atoms with Crippen LogP contribution in [0.3, 0.4) is 0 Å². The van der Waals surface area contributed by atoms with Crippen LogP contribution in [-0.4, -0.2) is 0 Å². The van der Waals surface area contributed by atoms with Gasteiger partial charge in [-0.2, -0.15) is 0 Å². The highest BCUT2D eigenvalue weighted by molar-refractivity contribution is 6.30. The van der Waals surface area contributed by atoms with Crippen molar-refractivity contribution in [1.82, 2.24) is 0 Å². The van der Waals surface area contributed by atoms with Crippen LogP contribution in [-0.2, 0) is 0 Å². The number of benzene rings is 2. The fourth-order valence-corrected chi connectivity index (χ4v) is 2.63. The van der Waals surface area contributed by atoms with Crippen molar-refractivity contribution >= 4 is 11.6 Å². The van der Waals surface area contributed by atoms with Gasteiger partial charge in [0.1, 0.15) is 5.82 Å². The van der Waals surface area contributed by atoms with Gasteiger partial charge in [-0.05, 0) is 53.6 Å². The molecular weight excluding hydrogens is 283 g/mol. The molecule has 0 heterocycles. The van der Waals surface area contributed by atoms with Gasteiger partial charge in [-0.1, -0.05) is 57.0 Å². The lowest BCUT2D eigenvalue weighted by atomic mass is 9.75. The van der Waals surface area contributed by atoms with Crippen LogP contribution in [0.4, 0.5) is 4.39 Å². The Hall–Kier alpha value is -1.34. The van der Waals surface area contributed by atoms with Gasteiger partial charge in [-0.3, -0.25) is 0 Å². The fourth-order valence-electron chi connectivity index (χ4n) is 2.45. The molecule has 0 saturated heterocycles. The molecule has 0 amide bonds. The standard InChI is InChI=1S/C19H22ClF/c1-12-6-9-18(21)17(10-12)15-8-7-14(20)11-16(15)13(2)19(3,4)5/h6-11,13H,1-5H3. The van der Waals surface area contributed by atoms with E-state index in [0.29, 0.717) is 10.6 Å². The molecule has 0 fully saturated rings. The lowest BCUT2D eigenvalue weighted by molar-refractivity contribution is 0.340. The lowest BCUT2D eigenvalue weighted by Crippen LogP contribution is -2.16. The van der Waals surface area contributed by atoms with Gasteiger partial charge in [-0.25, -0.2) is 4.39 Å². The summed E-state index contributed by atoms with van der Waals surface area (Å²) in [6.07, 6.45) is 0. The maximum Gasteiger partial charge on any atom is 0.131 e. The Morgan fingerprint density at radius 2 is 1.67 bits per heavy atom. The first-order chi connectivity index (χ1) is 9.70. The number of aryl methyl sites for hydroxylation is 1. The Labute approximate surface area is 132 Å². The number of halogens is 2. The smallest absolute Gasteiger partial charge is 0.131 e. The zero-order valence-corrected chi connectivity index (χ0v) is 14.1. The zero-order valence-electron chi connectivity index (χ0n) is 13.3. The highest BCUT2D eigenvalue weighted by atomic mass is 35.5. The first-order valence-corrected chi connectivity index (χ1v) is 7.64. The van der Waals surface area contributed by atoms with E-state index >= 15 is 0 Å². The van der Waals surface area contributed by atoms with Crippen LogP contribution in [0.15, 0.2) is 36.4 Å². The largest absolute Gasteiger partial charge is 0.206 e. The summed E-state index contributed by atoms with van der Waals surface area (Å²) in [7, 11) is 0. The second kappa shape index (κ2) is 5.81. The topological polar surface area (TPSA) is 0 Å². The van der Waals surface area contributed by atoms with E-state index in [1.807, 2.05) is 31.2 Å². The molecule has 2 rings (SSSR count). The Bertz CT molecular complexity index is 653. The molecule has 0 bridgehead atoms. The summed E-state index contributed by atoms with van der Waals surface area (Å²) in [6, 6.07) is 11.0. The molecule has 1 unspecified atom stereocenters. The van der Waals surface area contributed by atoms with E-state index in [9.17, 15) is 4.39 Å². The van der Waals surface area contributed by atoms with Crippen LogP contribution in [0.25, 0.3) is 11.1 Å². The van der Waals surface area contributed by atoms with Crippen molar-refractivity contribution in [1.29, 1.82) is 0 Å². The van der Waals surface area contributed by atoms with Gasteiger partial charge in [-0.15, -0.1) is 0 Å². The van der Waals surface area contributed by atoms with Gasteiger partial charge in [0.05, 0.1) is 0 Å². The van der Waals surface area contributed by atoms with Crippen molar-refractivity contribution in [2.45, 2.75) is 40.5 Å². The van der Waals surface area contributed by atoms with Crippen LogP contribution in [0.5, 0.6) is 0 Å². The van der Waals surface area contributed by atoms with Gasteiger partial charge in [0, 0.05) is 10.6 Å². The first kappa shape index (κ1) is 16.0. The molecule has 0 spiro atoms. The SMILES string of the molecule is Cc1ccc(F)c(-c2ccc(Cl)cc2C(C)C(C)(C)C)c1. The minimum atomic E-state index is -0.190. The van der Waals surface area contributed by atoms with Crippen LogP contribution >= 0.6 is 11.6 Å². The van der Waals surface area contributed by atoms with Crippen LogP contribution in [0.2, 0.25) is 5.02 Å². The second-order valence-corrected chi connectivity index (χ2v) is 7.24. The van der Waals surface area contributed by atoms with Crippen LogP contribution in [0, 0.1) is 18.2 Å². The van der Waals surface area contributed by atoms with Gasteiger partial charge < -0.3 is 0 Å². The molecule has 2 heteroatoms. The molecular formula is C19H22ClF. The summed E-state index contributed by atoms with van der Waals surface area (Å²) in [5.41, 5.74) is 3.82. The summed E-state index contributed by atoms with van der Waals surface area (Å²) >= 11 is 6.18. The summed E-state index contributed by atoms with van der Waals surface area (Å²) in [5.74, 6) is 0.0800. The van der Waals surface area contributed by atoms with Crippen molar-refractivity contribution in [3.8, 4) is 11.1 Å². The molecule has 0 saturated carbocycles. The predicted octanol–water partition coefficient (Wildman–Crippen LogP) is 6.60. The molecule has 2 aromatic rings. The summed E-state index contributed by atoms with van der Waals surface area (Å²) < 4.78 is 14.3. The molecule has 0 aliphatic rings. The first-order valence-electron chi connectivity index (χ1n) is 7.26. The van der Waals surface area contributed by atoms with Crippen LogP contribution in [0.1, 0.15) is 44.7 Å². The lowest BCUT2D eigenvalue weighted by Gasteiger charge is -2.29. The summed E-state index contributed by atoms with van der Waals surface area (Å²) in [4.78, 5) is 0. The van der Waals surface area contributed by atoms with Crippen molar-refractivity contribution in [2.75, 3.05) is 0 Å². The zero-order chi connectivity index (χ0) is 15.8. The van der Waals surface area contributed by atoms with Crippen molar-refractivity contribution < 1.29 is 4.39 Å². The molecule has 0 aromatic heterocycles. The van der Waals surface area contributed by atoms with Crippen molar-refractivity contribution in [3.63, 3.8) is 0 Å². The molecule has 1 atom stereocenters. The van der Waals surface area contributed by atoms with E-state index in [1.54, 1.807) is 6.07 Å². The van der Waals surface area contributed by atoms with E-state index in [1.165, 1.54) is 6.07 Å². The molecule has 0 radical (unpaired) electrons. The molecule has 0 N–H and O–H groups in total. The molecule has 0 nitrogen and oxygen atoms in total. The molecule has 2 aromatic carbocycles. The third kappa shape index (κ3) is 3.47. The van der Waals surface area contributed by atoms with Gasteiger partial charge in [0.2, 0.25) is 0 Å². The minimum Gasteiger partial charge on any atom is -0.206 e. The van der Waals surface area contributed by atoms with Gasteiger partial charge in [0.25, 0.3) is 0 Å². The van der Waals surface area contributed by atoms with Gasteiger partial charge in [0.15, 0.2) is 0 Å². The third-order valence-electron chi connectivity index (χ3n) is 4.19. The van der Waals surface area contributed by atoms with Crippen molar-refractivity contribution in [3.05, 3.63) is 58.4 Å².